The van der Waals surface area contributed by atoms with Crippen LogP contribution in [0.25, 0.3) is 0 Å². The van der Waals surface area contributed by atoms with Crippen LogP contribution in [0.5, 0.6) is 0 Å². The molecule has 0 radical (unpaired) electrons. The fraction of sp³-hybridized carbons (Fsp3) is 0.650. The van der Waals surface area contributed by atoms with Crippen molar-refractivity contribution < 1.29 is 8.42 Å². The van der Waals surface area contributed by atoms with E-state index < -0.39 is 9.84 Å². The summed E-state index contributed by atoms with van der Waals surface area (Å²) in [5.74, 6) is 1.46. The third-order valence-corrected chi connectivity index (χ3v) is 7.21. The van der Waals surface area contributed by atoms with Crippen LogP contribution in [0.4, 0.5) is 5.69 Å². The van der Waals surface area contributed by atoms with Crippen molar-refractivity contribution in [3.8, 4) is 0 Å². The minimum Gasteiger partial charge on any atom is -0.372 e. The highest BCUT2D eigenvalue weighted by molar-refractivity contribution is 7.91. The second kappa shape index (κ2) is 8.95. The Bertz CT molecular complexity index is 757. The molecule has 2 fully saturated rings. The van der Waals surface area contributed by atoms with Crippen LogP contribution >= 0.6 is 0 Å². The Morgan fingerprint density at radius 3 is 2.78 bits per heavy atom. The van der Waals surface area contributed by atoms with Crippen LogP contribution in [0, 0.1) is 5.92 Å². The fourth-order valence-electron chi connectivity index (χ4n) is 3.81. The maximum absolute atomic E-state index is 11.6. The molecule has 2 saturated heterocycles. The van der Waals surface area contributed by atoms with Crippen molar-refractivity contribution in [1.29, 1.82) is 0 Å². The second-order valence-corrected chi connectivity index (χ2v) is 9.87. The molecule has 2 heterocycles. The topological polar surface area (TPSA) is 73.8 Å². The zero-order valence-electron chi connectivity index (χ0n) is 16.4. The van der Waals surface area contributed by atoms with Gasteiger partial charge in [0.05, 0.1) is 17.5 Å². The van der Waals surface area contributed by atoms with E-state index in [2.05, 4.69) is 51.7 Å². The minimum atomic E-state index is -2.85. The number of sulfone groups is 1. The van der Waals surface area contributed by atoms with Gasteiger partial charge in [-0.25, -0.2) is 8.42 Å². The van der Waals surface area contributed by atoms with Crippen LogP contribution in [0.3, 0.4) is 0 Å². The molecule has 2 aliphatic rings. The Labute approximate surface area is 163 Å². The number of nitrogens with zero attached hydrogens (tertiary/aromatic N) is 2. The molecule has 6 nitrogen and oxygen atoms in total. The lowest BCUT2D eigenvalue weighted by atomic mass is 10.1. The summed E-state index contributed by atoms with van der Waals surface area (Å²) in [6.45, 7) is 7.77. The summed E-state index contributed by atoms with van der Waals surface area (Å²) in [4.78, 5) is 7.09. The van der Waals surface area contributed by atoms with E-state index in [4.69, 9.17) is 0 Å². The van der Waals surface area contributed by atoms with Gasteiger partial charge in [-0.3, -0.25) is 4.99 Å². The number of rotatable bonds is 6. The third kappa shape index (κ3) is 5.61. The molecule has 7 heteroatoms. The molecule has 2 aliphatic heterocycles. The summed E-state index contributed by atoms with van der Waals surface area (Å²) in [7, 11) is -2.85. The van der Waals surface area contributed by atoms with Gasteiger partial charge in [0.25, 0.3) is 0 Å². The summed E-state index contributed by atoms with van der Waals surface area (Å²) in [6, 6.07) is 8.83. The highest BCUT2D eigenvalue weighted by atomic mass is 32.2. The van der Waals surface area contributed by atoms with E-state index in [1.807, 2.05) is 6.92 Å². The summed E-state index contributed by atoms with van der Waals surface area (Å²) in [6.07, 6.45) is 3.26. The molecule has 0 aromatic heterocycles. The lowest BCUT2D eigenvalue weighted by molar-refractivity contribution is 0.587. The third-order valence-electron chi connectivity index (χ3n) is 5.37. The average Bonchev–Trinajstić information content (AvgIpc) is 3.29. The molecule has 1 aromatic carbocycles. The quantitative estimate of drug-likeness (QED) is 0.574. The molecule has 1 aromatic rings. The molecule has 0 amide bonds. The maximum Gasteiger partial charge on any atom is 0.191 e. The molecule has 0 aliphatic carbocycles. The van der Waals surface area contributed by atoms with E-state index in [0.29, 0.717) is 12.3 Å². The fourth-order valence-corrected chi connectivity index (χ4v) is 5.66. The normalized spacial score (nSPS) is 23.4. The van der Waals surface area contributed by atoms with Gasteiger partial charge >= 0.3 is 0 Å². The monoisotopic (exact) mass is 392 g/mol. The van der Waals surface area contributed by atoms with Crippen LogP contribution in [0.1, 0.15) is 44.7 Å². The Morgan fingerprint density at radius 1 is 1.33 bits per heavy atom. The largest absolute Gasteiger partial charge is 0.372 e. The van der Waals surface area contributed by atoms with E-state index in [1.54, 1.807) is 0 Å². The summed E-state index contributed by atoms with van der Waals surface area (Å²) in [5.41, 5.74) is 2.52. The maximum atomic E-state index is 11.6. The standard InChI is InChI=1S/C20H32N4O2S/c1-3-21-20(22-14-17-9-12-27(25,26)15-17)23-16(2)18-7-6-8-19(13-18)24-10-4-5-11-24/h6-8,13,16-17H,3-5,9-12,14-15H2,1-2H3,(H2,21,22,23). The van der Waals surface area contributed by atoms with Crippen molar-refractivity contribution in [2.45, 2.75) is 39.2 Å². The van der Waals surface area contributed by atoms with Crippen LogP contribution < -0.4 is 15.5 Å². The van der Waals surface area contributed by atoms with Crippen molar-refractivity contribution >= 4 is 21.5 Å². The second-order valence-electron chi connectivity index (χ2n) is 7.64. The number of guanidine groups is 1. The number of anilines is 1. The Morgan fingerprint density at radius 2 is 2.11 bits per heavy atom. The van der Waals surface area contributed by atoms with Crippen LogP contribution in [-0.2, 0) is 9.84 Å². The first-order valence-corrected chi connectivity index (χ1v) is 11.9. The molecule has 0 spiro atoms. The minimum absolute atomic E-state index is 0.123. The van der Waals surface area contributed by atoms with Crippen LogP contribution in [0.15, 0.2) is 29.3 Å². The molecule has 2 atom stereocenters. The predicted molar refractivity (Wildman–Crippen MR) is 112 cm³/mol. The first-order chi connectivity index (χ1) is 13.0. The summed E-state index contributed by atoms with van der Waals surface area (Å²) < 4.78 is 23.3. The van der Waals surface area contributed by atoms with Gasteiger partial charge in [0, 0.05) is 31.9 Å². The number of benzene rings is 1. The van der Waals surface area contributed by atoms with Crippen LogP contribution in [0.2, 0.25) is 0 Å². The number of aliphatic imine (C=N–C) groups is 1. The number of hydrogen-bond acceptors (Lipinski definition) is 4. The Balaban J connectivity index is 1.63. The summed E-state index contributed by atoms with van der Waals surface area (Å²) in [5, 5.41) is 6.74. The average molecular weight is 393 g/mol. The van der Waals surface area contributed by atoms with Gasteiger partial charge in [-0.15, -0.1) is 0 Å². The zero-order valence-corrected chi connectivity index (χ0v) is 17.3. The molecule has 2 unspecified atom stereocenters. The molecular weight excluding hydrogens is 360 g/mol. The highest BCUT2D eigenvalue weighted by Gasteiger charge is 2.27. The van der Waals surface area contributed by atoms with E-state index in [0.717, 1.165) is 32.0 Å². The highest BCUT2D eigenvalue weighted by Crippen LogP contribution is 2.24. The Kier molecular flexibility index (Phi) is 6.63. The molecule has 3 rings (SSSR count). The summed E-state index contributed by atoms with van der Waals surface area (Å²) >= 11 is 0. The van der Waals surface area contributed by atoms with Gasteiger partial charge in [-0.05, 0) is 56.7 Å². The van der Waals surface area contributed by atoms with E-state index in [9.17, 15) is 8.42 Å². The number of hydrogen-bond donors (Lipinski definition) is 2. The SMILES string of the molecule is CCNC(=NCC1CCS(=O)(=O)C1)NC(C)c1cccc(N2CCCC2)c1. The van der Waals surface area contributed by atoms with Gasteiger partial charge in [-0.2, -0.15) is 0 Å². The molecular formula is C20H32N4O2S. The lowest BCUT2D eigenvalue weighted by Crippen LogP contribution is -2.39. The Hall–Kier alpha value is -1.76. The molecule has 150 valence electrons. The molecule has 0 saturated carbocycles. The molecule has 27 heavy (non-hydrogen) atoms. The number of nitrogens with one attached hydrogen (secondary N) is 2. The van der Waals surface area contributed by atoms with Gasteiger partial charge in [0.1, 0.15) is 0 Å². The van der Waals surface area contributed by atoms with Crippen molar-refractivity contribution in [1.82, 2.24) is 10.6 Å². The molecule has 0 bridgehead atoms. The first-order valence-electron chi connectivity index (χ1n) is 10.1. The first kappa shape index (κ1) is 20.0. The smallest absolute Gasteiger partial charge is 0.191 e. The van der Waals surface area contributed by atoms with E-state index in [-0.39, 0.29) is 17.7 Å². The van der Waals surface area contributed by atoms with Crippen LogP contribution in [-0.4, -0.2) is 52.1 Å². The zero-order chi connectivity index (χ0) is 19.3. The van der Waals surface area contributed by atoms with E-state index >= 15 is 0 Å². The van der Waals surface area contributed by atoms with Gasteiger partial charge in [0.2, 0.25) is 0 Å². The van der Waals surface area contributed by atoms with Crippen molar-refractivity contribution in [3.05, 3.63) is 29.8 Å². The molecule has 2 N–H and O–H groups in total. The van der Waals surface area contributed by atoms with Gasteiger partial charge in [-0.1, -0.05) is 12.1 Å². The van der Waals surface area contributed by atoms with Gasteiger partial charge in [0.15, 0.2) is 15.8 Å². The van der Waals surface area contributed by atoms with Crippen molar-refractivity contribution in [2.75, 3.05) is 42.6 Å². The van der Waals surface area contributed by atoms with E-state index in [1.165, 1.54) is 24.1 Å². The van der Waals surface area contributed by atoms with Crippen molar-refractivity contribution in [2.24, 2.45) is 10.9 Å². The van der Waals surface area contributed by atoms with Gasteiger partial charge < -0.3 is 15.5 Å². The van der Waals surface area contributed by atoms with Crippen molar-refractivity contribution in [3.63, 3.8) is 0 Å². The predicted octanol–water partition coefficient (Wildman–Crippen LogP) is 2.34. The lowest BCUT2D eigenvalue weighted by Gasteiger charge is -2.22.